The van der Waals surface area contributed by atoms with Crippen LogP contribution in [0.3, 0.4) is 0 Å². The highest BCUT2D eigenvalue weighted by atomic mass is 79.9. The number of aromatic amines is 1. The van der Waals surface area contributed by atoms with Crippen LogP contribution in [0.15, 0.2) is 28.9 Å². The van der Waals surface area contributed by atoms with E-state index < -0.39 is 0 Å². The average molecular weight is 348 g/mol. The Morgan fingerprint density at radius 1 is 1.33 bits per heavy atom. The number of fused-ring (bicyclic) bond motifs is 1. The molecule has 3 rings (SSSR count). The number of ether oxygens (including phenoxy) is 1. The Morgan fingerprint density at radius 2 is 2.19 bits per heavy atom. The van der Waals surface area contributed by atoms with E-state index in [-0.39, 0.29) is 0 Å². The molecule has 0 amide bonds. The molecule has 2 heterocycles. The third kappa shape index (κ3) is 2.82. The highest BCUT2D eigenvalue weighted by Gasteiger charge is 2.12. The van der Waals surface area contributed by atoms with Crippen LogP contribution in [0.2, 0.25) is 0 Å². The molecule has 0 saturated heterocycles. The monoisotopic (exact) mass is 347 g/mol. The van der Waals surface area contributed by atoms with Crippen molar-refractivity contribution in [1.29, 1.82) is 0 Å². The number of nitrogens with zero attached hydrogens (tertiary/aromatic N) is 3. The van der Waals surface area contributed by atoms with Gasteiger partial charge in [-0.1, -0.05) is 6.07 Å². The lowest BCUT2D eigenvalue weighted by Gasteiger charge is -2.09. The topological polar surface area (TPSA) is 75.7 Å². The van der Waals surface area contributed by atoms with Gasteiger partial charge >= 0.3 is 0 Å². The molecule has 108 valence electrons. The smallest absolute Gasteiger partial charge is 0.235 e. The fourth-order valence-electron chi connectivity index (χ4n) is 1.92. The van der Waals surface area contributed by atoms with Gasteiger partial charge in [0.25, 0.3) is 0 Å². The van der Waals surface area contributed by atoms with Crippen LogP contribution in [0.5, 0.6) is 11.6 Å². The van der Waals surface area contributed by atoms with Gasteiger partial charge in [0, 0.05) is 6.54 Å². The Balaban J connectivity index is 2.04. The Morgan fingerprint density at radius 3 is 2.95 bits per heavy atom. The molecule has 7 heteroatoms. The number of aromatic nitrogens is 4. The summed E-state index contributed by atoms with van der Waals surface area (Å²) in [5, 5.41) is 10.6. The normalized spacial score (nSPS) is 10.8. The minimum Gasteiger partial charge on any atom is -0.437 e. The van der Waals surface area contributed by atoms with E-state index in [0.29, 0.717) is 23.2 Å². The largest absolute Gasteiger partial charge is 0.437 e. The van der Waals surface area contributed by atoms with Crippen molar-refractivity contribution >= 4 is 32.9 Å². The third-order valence-electron chi connectivity index (χ3n) is 2.90. The van der Waals surface area contributed by atoms with E-state index >= 15 is 0 Å². The third-order valence-corrected chi connectivity index (χ3v) is 3.52. The summed E-state index contributed by atoms with van der Waals surface area (Å²) in [6.45, 7) is 4.74. The maximum atomic E-state index is 5.92. The summed E-state index contributed by atoms with van der Waals surface area (Å²) in [4.78, 5) is 8.73. The van der Waals surface area contributed by atoms with Gasteiger partial charge in [-0.2, -0.15) is 15.1 Å². The Kier molecular flexibility index (Phi) is 3.74. The minimum atomic E-state index is 0.467. The van der Waals surface area contributed by atoms with Crippen molar-refractivity contribution in [1.82, 2.24) is 20.2 Å². The van der Waals surface area contributed by atoms with Gasteiger partial charge in [0.05, 0.1) is 10.7 Å². The van der Waals surface area contributed by atoms with Gasteiger partial charge in [0.2, 0.25) is 11.8 Å². The summed E-state index contributed by atoms with van der Waals surface area (Å²) in [6.07, 6.45) is 1.66. The van der Waals surface area contributed by atoms with Gasteiger partial charge in [-0.15, -0.1) is 0 Å². The highest BCUT2D eigenvalue weighted by molar-refractivity contribution is 9.10. The molecule has 0 spiro atoms. The predicted octanol–water partition coefficient (Wildman–Crippen LogP) is 3.65. The molecule has 2 aromatic heterocycles. The zero-order valence-electron chi connectivity index (χ0n) is 11.6. The van der Waals surface area contributed by atoms with Crippen LogP contribution in [0.4, 0.5) is 5.95 Å². The number of nitrogens with one attached hydrogen (secondary N) is 2. The van der Waals surface area contributed by atoms with Crippen molar-refractivity contribution in [3.63, 3.8) is 0 Å². The lowest BCUT2D eigenvalue weighted by molar-refractivity contribution is 0.466. The molecule has 21 heavy (non-hydrogen) atoms. The molecular weight excluding hydrogens is 334 g/mol. The van der Waals surface area contributed by atoms with E-state index in [4.69, 9.17) is 4.74 Å². The van der Waals surface area contributed by atoms with Crippen LogP contribution in [0, 0.1) is 6.92 Å². The second-order valence-electron chi connectivity index (χ2n) is 4.55. The summed E-state index contributed by atoms with van der Waals surface area (Å²) in [5.74, 6) is 1.67. The molecule has 1 aromatic carbocycles. The highest BCUT2D eigenvalue weighted by Crippen LogP contribution is 2.32. The molecule has 0 atom stereocenters. The zero-order valence-corrected chi connectivity index (χ0v) is 13.2. The fourth-order valence-corrected chi connectivity index (χ4v) is 2.49. The first-order chi connectivity index (χ1) is 10.2. The molecule has 0 saturated carbocycles. The van der Waals surface area contributed by atoms with E-state index in [1.807, 2.05) is 32.0 Å². The molecular formula is C14H14BrN5O. The quantitative estimate of drug-likeness (QED) is 0.753. The number of H-pyrrole nitrogens is 1. The second-order valence-corrected chi connectivity index (χ2v) is 5.41. The van der Waals surface area contributed by atoms with Crippen LogP contribution < -0.4 is 10.1 Å². The Bertz CT molecular complexity index is 786. The average Bonchev–Trinajstić information content (AvgIpc) is 2.91. The number of halogens is 1. The van der Waals surface area contributed by atoms with Crippen molar-refractivity contribution in [3.8, 4) is 11.6 Å². The first-order valence-corrected chi connectivity index (χ1v) is 7.35. The molecule has 0 radical (unpaired) electrons. The maximum Gasteiger partial charge on any atom is 0.235 e. The Labute approximate surface area is 130 Å². The van der Waals surface area contributed by atoms with E-state index in [0.717, 1.165) is 22.0 Å². The minimum absolute atomic E-state index is 0.467. The zero-order chi connectivity index (χ0) is 14.8. The lowest BCUT2D eigenvalue weighted by atomic mass is 10.2. The van der Waals surface area contributed by atoms with Crippen LogP contribution in [0.1, 0.15) is 12.5 Å². The van der Waals surface area contributed by atoms with E-state index in [1.54, 1.807) is 6.20 Å². The first-order valence-electron chi connectivity index (χ1n) is 6.56. The molecule has 0 aliphatic carbocycles. The fraction of sp³-hybridized carbons (Fsp3) is 0.214. The van der Waals surface area contributed by atoms with Crippen molar-refractivity contribution in [2.45, 2.75) is 13.8 Å². The summed E-state index contributed by atoms with van der Waals surface area (Å²) in [6, 6.07) is 5.88. The number of benzene rings is 1. The molecule has 2 N–H and O–H groups in total. The molecule has 3 aromatic rings. The van der Waals surface area contributed by atoms with Crippen LogP contribution in [-0.2, 0) is 0 Å². The molecule has 0 aliphatic heterocycles. The van der Waals surface area contributed by atoms with E-state index in [1.165, 1.54) is 0 Å². The van der Waals surface area contributed by atoms with E-state index in [9.17, 15) is 0 Å². The second kappa shape index (κ2) is 5.69. The van der Waals surface area contributed by atoms with Crippen LogP contribution in [-0.4, -0.2) is 26.7 Å². The molecule has 0 bridgehead atoms. The van der Waals surface area contributed by atoms with Gasteiger partial charge in [-0.3, -0.25) is 5.10 Å². The standard InChI is InChI=1S/C14H14BrN5O/c1-3-16-14-18-12-9(7-17-20-12)13(19-14)21-11-5-4-8(2)6-10(11)15/h4-7H,3H2,1-2H3,(H2,16,17,18,19,20). The van der Waals surface area contributed by atoms with Gasteiger partial charge in [0.1, 0.15) is 11.1 Å². The van der Waals surface area contributed by atoms with Crippen molar-refractivity contribution in [2.75, 3.05) is 11.9 Å². The van der Waals surface area contributed by atoms with Gasteiger partial charge in [0.15, 0.2) is 5.65 Å². The summed E-state index contributed by atoms with van der Waals surface area (Å²) in [7, 11) is 0. The van der Waals surface area contributed by atoms with Crippen molar-refractivity contribution in [2.24, 2.45) is 0 Å². The molecule has 6 nitrogen and oxygen atoms in total. The molecule has 0 fully saturated rings. The predicted molar refractivity (Wildman–Crippen MR) is 84.8 cm³/mol. The van der Waals surface area contributed by atoms with Gasteiger partial charge in [-0.05, 0) is 47.5 Å². The van der Waals surface area contributed by atoms with Crippen LogP contribution in [0.25, 0.3) is 11.0 Å². The summed E-state index contributed by atoms with van der Waals surface area (Å²) in [5.41, 5.74) is 1.79. The Hall–Kier alpha value is -2.15. The summed E-state index contributed by atoms with van der Waals surface area (Å²) < 4.78 is 6.80. The van der Waals surface area contributed by atoms with Crippen LogP contribution >= 0.6 is 15.9 Å². The van der Waals surface area contributed by atoms with Crippen molar-refractivity contribution < 1.29 is 4.74 Å². The molecule has 0 aliphatic rings. The van der Waals surface area contributed by atoms with Gasteiger partial charge in [-0.25, -0.2) is 0 Å². The maximum absolute atomic E-state index is 5.92. The number of aryl methyl sites for hydroxylation is 1. The van der Waals surface area contributed by atoms with Gasteiger partial charge < -0.3 is 10.1 Å². The first kappa shape index (κ1) is 13.8. The number of hydrogen-bond donors (Lipinski definition) is 2. The SMILES string of the molecule is CCNc1nc(Oc2ccc(C)cc2Br)c2cn[nH]c2n1. The number of rotatable bonds is 4. The van der Waals surface area contributed by atoms with Crippen molar-refractivity contribution in [3.05, 3.63) is 34.4 Å². The lowest BCUT2D eigenvalue weighted by Crippen LogP contribution is -2.03. The number of anilines is 1. The number of hydrogen-bond acceptors (Lipinski definition) is 5. The van der Waals surface area contributed by atoms with E-state index in [2.05, 4.69) is 41.4 Å². The molecule has 0 unspecified atom stereocenters. The summed E-state index contributed by atoms with van der Waals surface area (Å²) >= 11 is 3.50.